The van der Waals surface area contributed by atoms with Gasteiger partial charge in [-0.15, -0.1) is 0 Å². The van der Waals surface area contributed by atoms with Crippen LogP contribution >= 0.6 is 34.4 Å². The van der Waals surface area contributed by atoms with E-state index in [2.05, 4.69) is 27.9 Å². The minimum absolute atomic E-state index is 0.232. The van der Waals surface area contributed by atoms with E-state index in [9.17, 15) is 14.4 Å². The van der Waals surface area contributed by atoms with Gasteiger partial charge in [0.1, 0.15) is 12.3 Å². The van der Waals surface area contributed by atoms with Crippen LogP contribution in [0.1, 0.15) is 12.5 Å². The number of ether oxygens (including phenoxy) is 3. The summed E-state index contributed by atoms with van der Waals surface area (Å²) in [6, 6.07) is 10.3. The van der Waals surface area contributed by atoms with Gasteiger partial charge in [-0.05, 0) is 89.3 Å². The lowest BCUT2D eigenvalue weighted by molar-refractivity contribution is -0.127. The molecule has 3 rings (SSSR count). The zero-order valence-corrected chi connectivity index (χ0v) is 20.6. The molecule has 2 aromatic carbocycles. The number of halogens is 1. The average molecular weight is 568 g/mol. The first kappa shape index (κ1) is 23.9. The Morgan fingerprint density at radius 3 is 2.50 bits per heavy atom. The highest BCUT2D eigenvalue weighted by atomic mass is 127. The fourth-order valence-electron chi connectivity index (χ4n) is 2.94. The number of benzene rings is 2. The van der Waals surface area contributed by atoms with Crippen LogP contribution in [0.2, 0.25) is 0 Å². The Balaban J connectivity index is 1.73. The topological polar surface area (TPSA) is 94.2 Å². The molecule has 1 fully saturated rings. The van der Waals surface area contributed by atoms with Crippen LogP contribution in [0.4, 0.5) is 10.5 Å². The van der Waals surface area contributed by atoms with Crippen molar-refractivity contribution >= 4 is 63.2 Å². The molecule has 2 aromatic rings. The van der Waals surface area contributed by atoms with E-state index >= 15 is 0 Å². The number of thioether (sulfide) groups is 1. The molecular weight excluding hydrogens is 547 g/mol. The van der Waals surface area contributed by atoms with Crippen molar-refractivity contribution in [2.75, 3.05) is 32.7 Å². The lowest BCUT2D eigenvalue weighted by atomic mass is 10.2. The molecule has 0 atom stereocenters. The van der Waals surface area contributed by atoms with Gasteiger partial charge in [-0.1, -0.05) is 0 Å². The largest absolute Gasteiger partial charge is 0.497 e. The molecule has 10 heteroatoms. The first-order valence-corrected chi connectivity index (χ1v) is 11.4. The van der Waals surface area contributed by atoms with Crippen molar-refractivity contribution in [3.63, 3.8) is 0 Å². The summed E-state index contributed by atoms with van der Waals surface area (Å²) in [6.45, 7) is 1.94. The minimum Gasteiger partial charge on any atom is -0.497 e. The Morgan fingerprint density at radius 1 is 1.16 bits per heavy atom. The molecule has 32 heavy (non-hydrogen) atoms. The molecule has 0 bridgehead atoms. The Bertz CT molecular complexity index is 1070. The highest BCUT2D eigenvalue weighted by Crippen LogP contribution is 2.37. The zero-order valence-electron chi connectivity index (χ0n) is 17.6. The quantitative estimate of drug-likeness (QED) is 0.373. The van der Waals surface area contributed by atoms with Gasteiger partial charge in [-0.3, -0.25) is 19.3 Å². The van der Waals surface area contributed by atoms with Crippen LogP contribution in [0.25, 0.3) is 6.08 Å². The molecule has 0 saturated carbocycles. The minimum atomic E-state index is -0.520. The number of nitrogens with one attached hydrogen (secondary N) is 1. The first-order valence-electron chi connectivity index (χ1n) is 9.55. The van der Waals surface area contributed by atoms with Gasteiger partial charge >= 0.3 is 0 Å². The molecule has 0 aliphatic carbocycles. The highest BCUT2D eigenvalue weighted by molar-refractivity contribution is 14.1. The SMILES string of the molecule is CCOc1cc(/C=C2/SC(=O)N(CC(=O)Nc3ccc(OC)cc3)C2=O)cc(I)c1OC. The van der Waals surface area contributed by atoms with Gasteiger partial charge in [0.2, 0.25) is 5.91 Å². The molecule has 8 nitrogen and oxygen atoms in total. The van der Waals surface area contributed by atoms with E-state index in [4.69, 9.17) is 14.2 Å². The van der Waals surface area contributed by atoms with Crippen LogP contribution in [-0.2, 0) is 9.59 Å². The Morgan fingerprint density at radius 2 is 1.88 bits per heavy atom. The zero-order chi connectivity index (χ0) is 23.3. The monoisotopic (exact) mass is 568 g/mol. The van der Waals surface area contributed by atoms with Crippen molar-refractivity contribution in [3.8, 4) is 17.2 Å². The molecule has 1 saturated heterocycles. The van der Waals surface area contributed by atoms with Crippen molar-refractivity contribution in [1.82, 2.24) is 4.90 Å². The van der Waals surface area contributed by atoms with Gasteiger partial charge in [-0.25, -0.2) is 0 Å². The summed E-state index contributed by atoms with van der Waals surface area (Å²) < 4.78 is 16.9. The molecule has 3 amide bonds. The van der Waals surface area contributed by atoms with Crippen LogP contribution < -0.4 is 19.5 Å². The van der Waals surface area contributed by atoms with Crippen LogP contribution in [0.15, 0.2) is 41.3 Å². The van der Waals surface area contributed by atoms with E-state index < -0.39 is 17.1 Å². The van der Waals surface area contributed by atoms with E-state index in [1.165, 1.54) is 0 Å². The highest BCUT2D eigenvalue weighted by Gasteiger charge is 2.36. The second kappa shape index (κ2) is 10.7. The number of carbonyl (C=O) groups excluding carboxylic acids is 3. The number of amides is 3. The van der Waals surface area contributed by atoms with Crippen molar-refractivity contribution in [2.45, 2.75) is 6.92 Å². The molecule has 168 valence electrons. The predicted molar refractivity (Wildman–Crippen MR) is 131 cm³/mol. The van der Waals surface area contributed by atoms with E-state index in [-0.39, 0.29) is 11.4 Å². The van der Waals surface area contributed by atoms with Crippen molar-refractivity contribution in [1.29, 1.82) is 0 Å². The molecular formula is C22H21IN2O6S. The lowest BCUT2D eigenvalue weighted by Crippen LogP contribution is -2.36. The maximum absolute atomic E-state index is 12.8. The summed E-state index contributed by atoms with van der Waals surface area (Å²) in [7, 11) is 3.10. The molecule has 1 N–H and O–H groups in total. The molecule has 1 aliphatic rings. The lowest BCUT2D eigenvalue weighted by Gasteiger charge is -2.13. The van der Waals surface area contributed by atoms with Gasteiger partial charge in [-0.2, -0.15) is 0 Å². The molecule has 0 aromatic heterocycles. The Labute approximate surface area is 203 Å². The smallest absolute Gasteiger partial charge is 0.294 e. The molecule has 1 aliphatic heterocycles. The maximum atomic E-state index is 12.8. The van der Waals surface area contributed by atoms with Gasteiger partial charge < -0.3 is 19.5 Å². The number of nitrogens with zero attached hydrogens (tertiary/aromatic N) is 1. The summed E-state index contributed by atoms with van der Waals surface area (Å²) in [5.74, 6) is 0.809. The number of hydrogen-bond donors (Lipinski definition) is 1. The fraction of sp³-hybridized carbons (Fsp3) is 0.227. The van der Waals surface area contributed by atoms with Gasteiger partial charge in [0, 0.05) is 5.69 Å². The van der Waals surface area contributed by atoms with Crippen LogP contribution in [-0.4, -0.2) is 49.3 Å². The normalized spacial score (nSPS) is 14.6. The summed E-state index contributed by atoms with van der Waals surface area (Å²) in [5.41, 5.74) is 1.22. The summed E-state index contributed by atoms with van der Waals surface area (Å²) in [4.78, 5) is 38.7. The van der Waals surface area contributed by atoms with Crippen molar-refractivity contribution in [3.05, 3.63) is 50.4 Å². The molecule has 0 unspecified atom stereocenters. The number of carbonyl (C=O) groups is 3. The molecule has 1 heterocycles. The molecule has 0 radical (unpaired) electrons. The third-order valence-corrected chi connectivity index (χ3v) is 6.09. The number of hydrogen-bond acceptors (Lipinski definition) is 7. The van der Waals surface area contributed by atoms with E-state index in [0.717, 1.165) is 20.2 Å². The van der Waals surface area contributed by atoms with E-state index in [0.29, 0.717) is 35.1 Å². The van der Waals surface area contributed by atoms with E-state index in [1.54, 1.807) is 50.6 Å². The summed E-state index contributed by atoms with van der Waals surface area (Å²) in [5, 5.41) is 2.17. The number of rotatable bonds is 8. The van der Waals surface area contributed by atoms with Gasteiger partial charge in [0.05, 0.1) is 29.3 Å². The standard InChI is InChI=1S/C22H21IN2O6S/c1-4-31-17-10-13(9-16(23)20(17)30-3)11-18-21(27)25(22(28)32-18)12-19(26)24-14-5-7-15(29-2)8-6-14/h5-11H,4,12H2,1-3H3,(H,24,26)/b18-11+. The van der Waals surface area contributed by atoms with Crippen molar-refractivity contribution in [2.24, 2.45) is 0 Å². The number of imide groups is 1. The summed E-state index contributed by atoms with van der Waals surface area (Å²) >= 11 is 2.91. The van der Waals surface area contributed by atoms with Crippen LogP contribution in [0.3, 0.4) is 0 Å². The number of anilines is 1. The van der Waals surface area contributed by atoms with Crippen molar-refractivity contribution < 1.29 is 28.6 Å². The second-order valence-electron chi connectivity index (χ2n) is 6.51. The third kappa shape index (κ3) is 5.54. The fourth-order valence-corrected chi connectivity index (χ4v) is 4.62. The maximum Gasteiger partial charge on any atom is 0.294 e. The molecule has 0 spiro atoms. The van der Waals surface area contributed by atoms with E-state index in [1.807, 2.05) is 13.0 Å². The first-order chi connectivity index (χ1) is 15.4. The second-order valence-corrected chi connectivity index (χ2v) is 8.67. The van der Waals surface area contributed by atoms with Crippen LogP contribution in [0.5, 0.6) is 17.2 Å². The number of methoxy groups -OCH3 is 2. The Hall–Kier alpha value is -2.73. The van der Waals surface area contributed by atoms with Gasteiger partial charge in [0.25, 0.3) is 11.1 Å². The summed E-state index contributed by atoms with van der Waals surface area (Å²) in [6.07, 6.45) is 1.61. The van der Waals surface area contributed by atoms with Gasteiger partial charge in [0.15, 0.2) is 11.5 Å². The predicted octanol–water partition coefficient (Wildman–Crippen LogP) is 4.38. The average Bonchev–Trinajstić information content (AvgIpc) is 3.01. The third-order valence-electron chi connectivity index (χ3n) is 4.38. The Kier molecular flexibility index (Phi) is 8.02. The van der Waals surface area contributed by atoms with Crippen LogP contribution in [0, 0.1) is 3.57 Å².